The summed E-state index contributed by atoms with van der Waals surface area (Å²) < 4.78 is 37.4. The third kappa shape index (κ3) is 2.03. The fourth-order valence-corrected chi connectivity index (χ4v) is 1.84. The molecule has 0 aliphatic carbocycles. The maximum atomic E-state index is 12.5. The minimum absolute atomic E-state index is 0.195. The molecule has 2 nitrogen and oxygen atoms in total. The van der Waals surface area contributed by atoms with Crippen LogP contribution >= 0.6 is 0 Å². The van der Waals surface area contributed by atoms with Gasteiger partial charge in [0.2, 0.25) is 5.91 Å². The molecule has 1 N–H and O–H groups in total. The standard InChI is InChI=1S/C11H10F3NO/c12-11(13,14)8-3-1-2-7(6-8)9-4-5-15-10(9)16/h1-3,6,9H,4-5H2,(H,15,16)/t9-/m0/s1. The SMILES string of the molecule is O=C1NCC[C@H]1c1cccc(C(F)(F)F)c1. The molecule has 1 aromatic carbocycles. The van der Waals surface area contributed by atoms with Crippen LogP contribution in [-0.4, -0.2) is 12.5 Å². The zero-order valence-corrected chi connectivity index (χ0v) is 8.34. The number of carbonyl (C=O) groups excluding carboxylic acids is 1. The van der Waals surface area contributed by atoms with E-state index < -0.39 is 17.7 Å². The second-order valence-corrected chi connectivity index (χ2v) is 3.76. The summed E-state index contributed by atoms with van der Waals surface area (Å²) in [4.78, 5) is 11.3. The molecule has 1 aliphatic heterocycles. The molecule has 2 rings (SSSR count). The second kappa shape index (κ2) is 3.81. The van der Waals surface area contributed by atoms with Gasteiger partial charge >= 0.3 is 6.18 Å². The minimum atomic E-state index is -4.36. The van der Waals surface area contributed by atoms with Crippen LogP contribution in [0.1, 0.15) is 23.5 Å². The van der Waals surface area contributed by atoms with Gasteiger partial charge in [-0.1, -0.05) is 18.2 Å². The topological polar surface area (TPSA) is 29.1 Å². The Hall–Kier alpha value is -1.52. The summed E-state index contributed by atoms with van der Waals surface area (Å²) in [7, 11) is 0. The van der Waals surface area contributed by atoms with Gasteiger partial charge in [-0.05, 0) is 18.1 Å². The molecular weight excluding hydrogens is 219 g/mol. The van der Waals surface area contributed by atoms with Gasteiger partial charge in [0.05, 0.1) is 11.5 Å². The van der Waals surface area contributed by atoms with E-state index in [4.69, 9.17) is 0 Å². The van der Waals surface area contributed by atoms with Crippen LogP contribution in [0.3, 0.4) is 0 Å². The maximum absolute atomic E-state index is 12.5. The van der Waals surface area contributed by atoms with Gasteiger partial charge < -0.3 is 5.32 Å². The van der Waals surface area contributed by atoms with E-state index in [1.807, 2.05) is 0 Å². The molecule has 0 unspecified atom stereocenters. The number of benzene rings is 1. The summed E-state index contributed by atoms with van der Waals surface area (Å²) in [6.45, 7) is 0.528. The molecule has 5 heteroatoms. The molecule has 0 bridgehead atoms. The monoisotopic (exact) mass is 229 g/mol. The van der Waals surface area contributed by atoms with Crippen molar-refractivity contribution in [3.05, 3.63) is 35.4 Å². The molecule has 86 valence electrons. The van der Waals surface area contributed by atoms with Gasteiger partial charge in [0.15, 0.2) is 0 Å². The van der Waals surface area contributed by atoms with Crippen molar-refractivity contribution in [1.82, 2.24) is 5.32 Å². The average Bonchev–Trinajstić information content (AvgIpc) is 2.63. The van der Waals surface area contributed by atoms with Crippen LogP contribution in [0.4, 0.5) is 13.2 Å². The fraction of sp³-hybridized carbons (Fsp3) is 0.364. The van der Waals surface area contributed by atoms with Crippen molar-refractivity contribution in [3.63, 3.8) is 0 Å². The van der Waals surface area contributed by atoms with Crippen LogP contribution in [0.2, 0.25) is 0 Å². The lowest BCUT2D eigenvalue weighted by Gasteiger charge is -2.11. The predicted molar refractivity (Wildman–Crippen MR) is 51.8 cm³/mol. The molecule has 1 aliphatic rings. The first-order chi connectivity index (χ1) is 7.48. The van der Waals surface area contributed by atoms with Gasteiger partial charge in [0.25, 0.3) is 0 Å². The Balaban J connectivity index is 2.32. The highest BCUT2D eigenvalue weighted by atomic mass is 19.4. The first kappa shape index (κ1) is 11.0. The Morgan fingerprint density at radius 1 is 1.31 bits per heavy atom. The molecule has 1 aromatic rings. The summed E-state index contributed by atoms with van der Waals surface area (Å²) in [5, 5.41) is 2.61. The minimum Gasteiger partial charge on any atom is -0.356 e. The largest absolute Gasteiger partial charge is 0.416 e. The van der Waals surface area contributed by atoms with E-state index in [9.17, 15) is 18.0 Å². The van der Waals surface area contributed by atoms with Crippen molar-refractivity contribution < 1.29 is 18.0 Å². The number of alkyl halides is 3. The van der Waals surface area contributed by atoms with Crippen LogP contribution in [0.15, 0.2) is 24.3 Å². The molecule has 0 radical (unpaired) electrons. The number of hydrogen-bond donors (Lipinski definition) is 1. The highest BCUT2D eigenvalue weighted by Crippen LogP contribution is 2.32. The summed E-state index contributed by atoms with van der Waals surface area (Å²) in [6, 6.07) is 4.96. The molecular formula is C11H10F3NO. The Morgan fingerprint density at radius 2 is 2.06 bits per heavy atom. The van der Waals surface area contributed by atoms with Crippen LogP contribution in [0.25, 0.3) is 0 Å². The lowest BCUT2D eigenvalue weighted by Crippen LogP contribution is -2.18. The fourth-order valence-electron chi connectivity index (χ4n) is 1.84. The number of hydrogen-bond acceptors (Lipinski definition) is 1. The summed E-state index contributed by atoms with van der Waals surface area (Å²) in [5.74, 6) is -0.637. The Bertz CT molecular complexity index is 414. The molecule has 1 fully saturated rings. The number of amides is 1. The molecule has 16 heavy (non-hydrogen) atoms. The van der Waals surface area contributed by atoms with E-state index in [1.54, 1.807) is 6.07 Å². The van der Waals surface area contributed by atoms with Gasteiger partial charge in [0, 0.05) is 6.54 Å². The summed E-state index contributed by atoms with van der Waals surface area (Å²) in [5.41, 5.74) is -0.269. The average molecular weight is 229 g/mol. The van der Waals surface area contributed by atoms with Crippen molar-refractivity contribution in [1.29, 1.82) is 0 Å². The zero-order chi connectivity index (χ0) is 11.8. The van der Waals surface area contributed by atoms with E-state index >= 15 is 0 Å². The third-order valence-corrected chi connectivity index (χ3v) is 2.67. The van der Waals surface area contributed by atoms with Gasteiger partial charge in [-0.15, -0.1) is 0 Å². The van der Waals surface area contributed by atoms with Crippen molar-refractivity contribution in [3.8, 4) is 0 Å². The van der Waals surface area contributed by atoms with Crippen molar-refractivity contribution in [2.75, 3.05) is 6.54 Å². The van der Waals surface area contributed by atoms with Gasteiger partial charge in [-0.2, -0.15) is 13.2 Å². The van der Waals surface area contributed by atoms with Crippen molar-refractivity contribution in [2.24, 2.45) is 0 Å². The molecule has 0 saturated carbocycles. The van der Waals surface area contributed by atoms with Crippen LogP contribution in [-0.2, 0) is 11.0 Å². The Kier molecular flexibility index (Phi) is 2.61. The van der Waals surface area contributed by atoms with E-state index in [-0.39, 0.29) is 5.91 Å². The molecule has 0 aromatic heterocycles. The highest BCUT2D eigenvalue weighted by Gasteiger charge is 2.32. The number of halogens is 3. The zero-order valence-electron chi connectivity index (χ0n) is 8.34. The third-order valence-electron chi connectivity index (χ3n) is 2.67. The van der Waals surface area contributed by atoms with Crippen LogP contribution in [0.5, 0.6) is 0 Å². The van der Waals surface area contributed by atoms with E-state index in [2.05, 4.69) is 5.32 Å². The second-order valence-electron chi connectivity index (χ2n) is 3.76. The number of nitrogens with one attached hydrogen (secondary N) is 1. The molecule has 1 saturated heterocycles. The normalized spacial score (nSPS) is 20.9. The van der Waals surface area contributed by atoms with Gasteiger partial charge in [-0.25, -0.2) is 0 Å². The summed E-state index contributed by atoms with van der Waals surface area (Å²) in [6.07, 6.45) is -3.80. The quantitative estimate of drug-likeness (QED) is 0.786. The van der Waals surface area contributed by atoms with E-state index in [0.29, 0.717) is 18.5 Å². The first-order valence-corrected chi connectivity index (χ1v) is 4.93. The maximum Gasteiger partial charge on any atom is 0.416 e. The Labute approximate surface area is 90.5 Å². The van der Waals surface area contributed by atoms with Crippen molar-refractivity contribution in [2.45, 2.75) is 18.5 Å². The van der Waals surface area contributed by atoms with Gasteiger partial charge in [0.1, 0.15) is 0 Å². The number of rotatable bonds is 1. The Morgan fingerprint density at radius 3 is 2.62 bits per heavy atom. The first-order valence-electron chi connectivity index (χ1n) is 4.93. The molecule has 1 atom stereocenters. The van der Waals surface area contributed by atoms with Crippen molar-refractivity contribution >= 4 is 5.91 Å². The number of carbonyl (C=O) groups is 1. The highest BCUT2D eigenvalue weighted by molar-refractivity contribution is 5.85. The molecule has 0 spiro atoms. The smallest absolute Gasteiger partial charge is 0.356 e. The molecule has 1 heterocycles. The van der Waals surface area contributed by atoms with E-state index in [1.165, 1.54) is 6.07 Å². The summed E-state index contributed by atoms with van der Waals surface area (Å²) >= 11 is 0. The lowest BCUT2D eigenvalue weighted by atomic mass is 9.96. The predicted octanol–water partition coefficient (Wildman–Crippen LogP) is 2.31. The van der Waals surface area contributed by atoms with Crippen LogP contribution in [0, 0.1) is 0 Å². The molecule has 1 amide bonds. The van der Waals surface area contributed by atoms with Crippen LogP contribution < -0.4 is 5.32 Å². The van der Waals surface area contributed by atoms with Gasteiger partial charge in [-0.3, -0.25) is 4.79 Å². The van der Waals surface area contributed by atoms with E-state index in [0.717, 1.165) is 12.1 Å². The lowest BCUT2D eigenvalue weighted by molar-refractivity contribution is -0.137.